The summed E-state index contributed by atoms with van der Waals surface area (Å²) in [6.07, 6.45) is 0.927. The Kier molecular flexibility index (Phi) is 4.22. The third-order valence-electron chi connectivity index (χ3n) is 3.54. The van der Waals surface area contributed by atoms with E-state index in [0.29, 0.717) is 37.2 Å². The first-order valence-corrected chi connectivity index (χ1v) is 6.52. The topological polar surface area (TPSA) is 69.6 Å². The number of urea groups is 1. The van der Waals surface area contributed by atoms with Gasteiger partial charge in [-0.15, -0.1) is 0 Å². The molecule has 1 aliphatic rings. The van der Waals surface area contributed by atoms with Crippen LogP contribution in [0.25, 0.3) is 0 Å². The van der Waals surface area contributed by atoms with E-state index < -0.39 is 5.97 Å². The number of nitrogens with zero attached hydrogens (tertiary/aromatic N) is 1. The molecular weight excluding hydrogens is 263 g/mol. The van der Waals surface area contributed by atoms with Crippen LogP contribution < -0.4 is 5.32 Å². The van der Waals surface area contributed by atoms with Crippen LogP contribution in [0.4, 0.5) is 14.9 Å². The number of nitrogens with one attached hydrogen (secondary N) is 1. The van der Waals surface area contributed by atoms with Crippen LogP contribution in [-0.4, -0.2) is 35.1 Å². The molecule has 0 bridgehead atoms. The molecule has 108 valence electrons. The van der Waals surface area contributed by atoms with Gasteiger partial charge in [0.15, 0.2) is 0 Å². The fourth-order valence-corrected chi connectivity index (χ4v) is 2.25. The Morgan fingerprint density at radius 2 is 2.00 bits per heavy atom. The third kappa shape index (κ3) is 3.26. The fourth-order valence-electron chi connectivity index (χ4n) is 2.25. The largest absolute Gasteiger partial charge is 0.481 e. The van der Waals surface area contributed by atoms with Gasteiger partial charge >= 0.3 is 12.0 Å². The zero-order valence-corrected chi connectivity index (χ0v) is 11.2. The lowest BCUT2D eigenvalue weighted by molar-refractivity contribution is -0.143. The van der Waals surface area contributed by atoms with Crippen molar-refractivity contribution < 1.29 is 19.1 Å². The predicted octanol–water partition coefficient (Wildman–Crippen LogP) is 2.46. The molecule has 0 aliphatic carbocycles. The number of rotatable bonds is 2. The van der Waals surface area contributed by atoms with Gasteiger partial charge in [-0.2, -0.15) is 0 Å². The molecule has 20 heavy (non-hydrogen) atoms. The normalized spacial score (nSPS) is 16.0. The van der Waals surface area contributed by atoms with Crippen molar-refractivity contribution in [1.29, 1.82) is 0 Å². The van der Waals surface area contributed by atoms with Gasteiger partial charge in [0.1, 0.15) is 5.82 Å². The maximum absolute atomic E-state index is 13.1. The summed E-state index contributed by atoms with van der Waals surface area (Å²) in [4.78, 5) is 24.4. The number of hydrogen-bond donors (Lipinski definition) is 2. The number of carbonyl (C=O) groups excluding carboxylic acids is 1. The standard InChI is InChI=1S/C14H17FN2O3/c1-9-8-11(2-3-12(9)15)16-14(20)17-6-4-10(5-7-17)13(18)19/h2-3,8,10H,4-7H2,1H3,(H,16,20)(H,18,19). The maximum Gasteiger partial charge on any atom is 0.321 e. The molecule has 0 unspecified atom stereocenters. The van der Waals surface area contributed by atoms with Gasteiger partial charge in [-0.05, 0) is 43.5 Å². The number of hydrogen-bond acceptors (Lipinski definition) is 2. The second-order valence-corrected chi connectivity index (χ2v) is 4.99. The third-order valence-corrected chi connectivity index (χ3v) is 3.54. The molecule has 1 fully saturated rings. The molecule has 0 radical (unpaired) electrons. The molecule has 1 aromatic carbocycles. The molecule has 1 aromatic rings. The molecule has 2 N–H and O–H groups in total. The number of aliphatic carboxylic acids is 1. The zero-order valence-electron chi connectivity index (χ0n) is 11.2. The van der Waals surface area contributed by atoms with Crippen LogP contribution >= 0.6 is 0 Å². The van der Waals surface area contributed by atoms with E-state index in [-0.39, 0.29) is 17.8 Å². The van der Waals surface area contributed by atoms with Crippen LogP contribution in [0.5, 0.6) is 0 Å². The SMILES string of the molecule is Cc1cc(NC(=O)N2CCC(C(=O)O)CC2)ccc1F. The van der Waals surface area contributed by atoms with Crippen molar-refractivity contribution in [1.82, 2.24) is 4.90 Å². The number of carboxylic acid groups (broad SMARTS) is 1. The Morgan fingerprint density at radius 1 is 1.35 bits per heavy atom. The lowest BCUT2D eigenvalue weighted by atomic mass is 9.97. The Morgan fingerprint density at radius 3 is 2.55 bits per heavy atom. The van der Waals surface area contributed by atoms with E-state index in [1.54, 1.807) is 17.9 Å². The number of benzene rings is 1. The van der Waals surface area contributed by atoms with Crippen LogP contribution in [0.3, 0.4) is 0 Å². The van der Waals surface area contributed by atoms with E-state index in [1.165, 1.54) is 12.1 Å². The molecule has 1 heterocycles. The minimum atomic E-state index is -0.806. The highest BCUT2D eigenvalue weighted by Crippen LogP contribution is 2.19. The number of carbonyl (C=O) groups is 2. The van der Waals surface area contributed by atoms with Gasteiger partial charge in [0.25, 0.3) is 0 Å². The van der Waals surface area contributed by atoms with E-state index in [2.05, 4.69) is 5.32 Å². The quantitative estimate of drug-likeness (QED) is 0.874. The van der Waals surface area contributed by atoms with Gasteiger partial charge in [-0.25, -0.2) is 9.18 Å². The van der Waals surface area contributed by atoms with Crippen molar-refractivity contribution >= 4 is 17.7 Å². The van der Waals surface area contributed by atoms with Crippen LogP contribution in [0.2, 0.25) is 0 Å². The predicted molar refractivity (Wildman–Crippen MR) is 72.1 cm³/mol. The zero-order chi connectivity index (χ0) is 14.7. The number of anilines is 1. The molecular formula is C14H17FN2O3. The van der Waals surface area contributed by atoms with E-state index in [0.717, 1.165) is 0 Å². The van der Waals surface area contributed by atoms with Gasteiger partial charge in [0, 0.05) is 18.8 Å². The Hall–Kier alpha value is -2.11. The lowest BCUT2D eigenvalue weighted by Gasteiger charge is -2.30. The number of amides is 2. The summed E-state index contributed by atoms with van der Waals surface area (Å²) < 4.78 is 13.1. The minimum absolute atomic E-state index is 0.278. The van der Waals surface area contributed by atoms with E-state index in [4.69, 9.17) is 5.11 Å². The van der Waals surface area contributed by atoms with E-state index >= 15 is 0 Å². The molecule has 5 nitrogen and oxygen atoms in total. The Balaban J connectivity index is 1.92. The molecule has 2 amide bonds. The summed E-state index contributed by atoms with van der Waals surface area (Å²) in [5, 5.41) is 11.6. The fraction of sp³-hybridized carbons (Fsp3) is 0.429. The van der Waals surface area contributed by atoms with Crippen molar-refractivity contribution in [2.75, 3.05) is 18.4 Å². The molecule has 0 atom stereocenters. The van der Waals surface area contributed by atoms with Gasteiger partial charge in [0.05, 0.1) is 5.92 Å². The number of aryl methyl sites for hydroxylation is 1. The van der Waals surface area contributed by atoms with Crippen molar-refractivity contribution in [2.45, 2.75) is 19.8 Å². The van der Waals surface area contributed by atoms with E-state index in [1.807, 2.05) is 0 Å². The van der Waals surface area contributed by atoms with Crippen molar-refractivity contribution in [3.8, 4) is 0 Å². The maximum atomic E-state index is 13.1. The molecule has 1 aliphatic heterocycles. The number of carboxylic acids is 1. The first-order valence-electron chi connectivity index (χ1n) is 6.52. The number of likely N-dealkylation sites (tertiary alicyclic amines) is 1. The van der Waals surface area contributed by atoms with Crippen molar-refractivity contribution in [3.05, 3.63) is 29.6 Å². The minimum Gasteiger partial charge on any atom is -0.481 e. The van der Waals surface area contributed by atoms with Crippen LogP contribution in [0, 0.1) is 18.7 Å². The van der Waals surface area contributed by atoms with Crippen LogP contribution in [0.1, 0.15) is 18.4 Å². The first-order chi connectivity index (χ1) is 9.47. The van der Waals surface area contributed by atoms with Crippen molar-refractivity contribution in [3.63, 3.8) is 0 Å². The lowest BCUT2D eigenvalue weighted by Crippen LogP contribution is -2.42. The molecule has 6 heteroatoms. The van der Waals surface area contributed by atoms with Gasteiger partial charge in [0.2, 0.25) is 0 Å². The van der Waals surface area contributed by atoms with Gasteiger partial charge < -0.3 is 15.3 Å². The van der Waals surface area contributed by atoms with E-state index in [9.17, 15) is 14.0 Å². The second-order valence-electron chi connectivity index (χ2n) is 4.99. The summed E-state index contributed by atoms with van der Waals surface area (Å²) in [5.74, 6) is -1.49. The highest BCUT2D eigenvalue weighted by Gasteiger charge is 2.26. The smallest absolute Gasteiger partial charge is 0.321 e. The first kappa shape index (κ1) is 14.3. The number of halogens is 1. The van der Waals surface area contributed by atoms with Crippen LogP contribution in [-0.2, 0) is 4.79 Å². The average Bonchev–Trinajstić information content (AvgIpc) is 2.43. The number of piperidine rings is 1. The molecule has 0 saturated carbocycles. The molecule has 0 aromatic heterocycles. The summed E-state index contributed by atoms with van der Waals surface area (Å²) in [6.45, 7) is 2.47. The van der Waals surface area contributed by atoms with Gasteiger partial charge in [-0.3, -0.25) is 4.79 Å². The molecule has 0 spiro atoms. The highest BCUT2D eigenvalue weighted by molar-refractivity contribution is 5.89. The van der Waals surface area contributed by atoms with Crippen molar-refractivity contribution in [2.24, 2.45) is 5.92 Å². The summed E-state index contributed by atoms with van der Waals surface area (Å²) in [5.41, 5.74) is 1.00. The highest BCUT2D eigenvalue weighted by atomic mass is 19.1. The second kappa shape index (κ2) is 5.90. The summed E-state index contributed by atoms with van der Waals surface area (Å²) >= 11 is 0. The van der Waals surface area contributed by atoms with Gasteiger partial charge in [-0.1, -0.05) is 0 Å². The summed E-state index contributed by atoms with van der Waals surface area (Å²) in [6, 6.07) is 4.10. The Labute approximate surface area is 116 Å². The summed E-state index contributed by atoms with van der Waals surface area (Å²) in [7, 11) is 0. The molecule has 1 saturated heterocycles. The monoisotopic (exact) mass is 280 g/mol. The average molecular weight is 280 g/mol. The van der Waals surface area contributed by atoms with Crippen LogP contribution in [0.15, 0.2) is 18.2 Å². The Bertz CT molecular complexity index is 525. The molecule has 2 rings (SSSR count).